The normalized spacial score (nSPS) is 16.0. The number of nitrogens with one attached hydrogen (secondary N) is 1. The lowest BCUT2D eigenvalue weighted by atomic mass is 10.1. The molecule has 2 heterocycles. The highest BCUT2D eigenvalue weighted by Gasteiger charge is 2.36. The first kappa shape index (κ1) is 22.6. The minimum atomic E-state index is -4.46. The van der Waals surface area contributed by atoms with Crippen molar-refractivity contribution in [2.24, 2.45) is 0 Å². The molecule has 3 aromatic rings. The lowest BCUT2D eigenvalue weighted by Gasteiger charge is -2.23. The summed E-state index contributed by atoms with van der Waals surface area (Å²) in [6, 6.07) is 14.3. The molecule has 1 amide bonds. The molecule has 9 heteroatoms. The first-order chi connectivity index (χ1) is 15.8. The molecular weight excluding hydrogens is 438 g/mol. The van der Waals surface area contributed by atoms with Gasteiger partial charge in [0, 0.05) is 36.6 Å². The number of halogens is 4. The van der Waals surface area contributed by atoms with E-state index < -0.39 is 23.5 Å². The Bertz CT molecular complexity index is 1140. The predicted octanol–water partition coefficient (Wildman–Crippen LogP) is 4.83. The number of para-hydroxylation sites is 1. The van der Waals surface area contributed by atoms with Gasteiger partial charge < -0.3 is 15.0 Å². The Kier molecular flexibility index (Phi) is 6.48. The fourth-order valence-electron chi connectivity index (χ4n) is 3.79. The Hall–Kier alpha value is -3.62. The van der Waals surface area contributed by atoms with Gasteiger partial charge in [0.15, 0.2) is 0 Å². The molecule has 5 nitrogen and oxygen atoms in total. The highest BCUT2D eigenvalue weighted by Crippen LogP contribution is 2.37. The van der Waals surface area contributed by atoms with Crippen LogP contribution < -0.4 is 15.0 Å². The third-order valence-corrected chi connectivity index (χ3v) is 5.41. The van der Waals surface area contributed by atoms with Crippen molar-refractivity contribution in [3.05, 3.63) is 89.4 Å². The van der Waals surface area contributed by atoms with Crippen LogP contribution in [-0.4, -0.2) is 30.0 Å². The summed E-state index contributed by atoms with van der Waals surface area (Å²) in [5, 5.41) is 2.85. The van der Waals surface area contributed by atoms with Crippen LogP contribution in [0.25, 0.3) is 0 Å². The van der Waals surface area contributed by atoms with E-state index in [1.807, 2.05) is 0 Å². The van der Waals surface area contributed by atoms with E-state index in [1.54, 1.807) is 35.2 Å². The van der Waals surface area contributed by atoms with Crippen LogP contribution in [0.15, 0.2) is 66.9 Å². The number of benzene rings is 2. The number of hydrogen-bond donors (Lipinski definition) is 1. The second kappa shape index (κ2) is 9.48. The molecule has 33 heavy (non-hydrogen) atoms. The lowest BCUT2D eigenvalue weighted by Crippen LogP contribution is -2.37. The maximum Gasteiger partial charge on any atom is 0.418 e. The molecule has 4 rings (SSSR count). The molecule has 0 radical (unpaired) electrons. The van der Waals surface area contributed by atoms with Crippen molar-refractivity contribution in [2.45, 2.75) is 25.2 Å². The summed E-state index contributed by atoms with van der Waals surface area (Å²) >= 11 is 0. The number of hydrogen-bond acceptors (Lipinski definition) is 4. The van der Waals surface area contributed by atoms with Gasteiger partial charge in [-0.25, -0.2) is 9.37 Å². The van der Waals surface area contributed by atoms with Crippen LogP contribution in [0.4, 0.5) is 23.2 Å². The first-order valence-corrected chi connectivity index (χ1v) is 10.4. The smallest absolute Gasteiger partial charge is 0.418 e. The molecule has 1 fully saturated rings. The molecule has 1 aliphatic heterocycles. The zero-order chi connectivity index (χ0) is 23.4. The van der Waals surface area contributed by atoms with E-state index in [2.05, 4.69) is 10.3 Å². The SMILES string of the molecule is O=C(NC1CCN(c2ccccc2C(F)(F)F)C1)c1cccnc1OCc1ccccc1F. The molecule has 1 saturated heterocycles. The standard InChI is InChI=1S/C24H21F4N3O2/c25-20-9-3-1-6-16(20)15-33-23-18(7-5-12-29-23)22(32)30-17-11-13-31(14-17)21-10-4-2-8-19(21)24(26,27)28/h1-10,12,17H,11,13-15H2,(H,30,32). The van der Waals surface area contributed by atoms with Gasteiger partial charge in [-0.05, 0) is 36.8 Å². The average molecular weight is 459 g/mol. The molecule has 1 atom stereocenters. The fourth-order valence-corrected chi connectivity index (χ4v) is 3.79. The minimum Gasteiger partial charge on any atom is -0.472 e. The van der Waals surface area contributed by atoms with Gasteiger partial charge in [-0.15, -0.1) is 0 Å². The van der Waals surface area contributed by atoms with Gasteiger partial charge >= 0.3 is 6.18 Å². The largest absolute Gasteiger partial charge is 0.472 e. The van der Waals surface area contributed by atoms with Gasteiger partial charge in [-0.3, -0.25) is 4.79 Å². The Labute approximate surface area is 188 Å². The summed E-state index contributed by atoms with van der Waals surface area (Å²) in [6.45, 7) is 0.516. The van der Waals surface area contributed by atoms with E-state index in [9.17, 15) is 22.4 Å². The summed E-state index contributed by atoms with van der Waals surface area (Å²) in [7, 11) is 0. The number of pyridine rings is 1. The Morgan fingerprint density at radius 1 is 1.09 bits per heavy atom. The number of anilines is 1. The maximum atomic E-state index is 13.8. The molecule has 1 unspecified atom stereocenters. The second-order valence-electron chi connectivity index (χ2n) is 7.66. The molecule has 0 saturated carbocycles. The van der Waals surface area contributed by atoms with E-state index in [-0.39, 0.29) is 36.3 Å². The molecule has 2 aromatic carbocycles. The summed E-state index contributed by atoms with van der Waals surface area (Å²) in [4.78, 5) is 18.6. The van der Waals surface area contributed by atoms with E-state index in [0.29, 0.717) is 18.5 Å². The third-order valence-electron chi connectivity index (χ3n) is 5.41. The minimum absolute atomic E-state index is 0.0514. The van der Waals surface area contributed by atoms with Crippen molar-refractivity contribution < 1.29 is 27.1 Å². The quantitative estimate of drug-likeness (QED) is 0.537. The molecule has 1 aliphatic rings. The molecule has 0 bridgehead atoms. The number of alkyl halides is 3. The van der Waals surface area contributed by atoms with E-state index >= 15 is 0 Å². The van der Waals surface area contributed by atoms with Crippen molar-refractivity contribution >= 4 is 11.6 Å². The molecule has 0 spiro atoms. The number of nitrogens with zero attached hydrogens (tertiary/aromatic N) is 2. The maximum absolute atomic E-state index is 13.8. The number of rotatable bonds is 6. The summed E-state index contributed by atoms with van der Waals surface area (Å²) in [6.07, 6.45) is -2.51. The zero-order valence-electron chi connectivity index (χ0n) is 17.5. The zero-order valence-corrected chi connectivity index (χ0v) is 17.5. The Balaban J connectivity index is 1.43. The fraction of sp³-hybridized carbons (Fsp3) is 0.250. The monoisotopic (exact) mass is 459 g/mol. The van der Waals surface area contributed by atoms with Crippen LogP contribution in [-0.2, 0) is 12.8 Å². The van der Waals surface area contributed by atoms with Crippen molar-refractivity contribution in [2.75, 3.05) is 18.0 Å². The lowest BCUT2D eigenvalue weighted by molar-refractivity contribution is -0.137. The third kappa shape index (κ3) is 5.24. The van der Waals surface area contributed by atoms with Crippen LogP contribution in [0, 0.1) is 5.82 Å². The van der Waals surface area contributed by atoms with Gasteiger partial charge in [-0.1, -0.05) is 30.3 Å². The van der Waals surface area contributed by atoms with E-state index in [4.69, 9.17) is 4.74 Å². The van der Waals surface area contributed by atoms with Crippen molar-refractivity contribution in [1.29, 1.82) is 0 Å². The topological polar surface area (TPSA) is 54.5 Å². The van der Waals surface area contributed by atoms with Gasteiger partial charge in [0.1, 0.15) is 18.0 Å². The molecule has 1 aromatic heterocycles. The van der Waals surface area contributed by atoms with Gasteiger partial charge in [-0.2, -0.15) is 13.2 Å². The molecule has 1 N–H and O–H groups in total. The molecule has 0 aliphatic carbocycles. The van der Waals surface area contributed by atoms with Crippen LogP contribution >= 0.6 is 0 Å². The Morgan fingerprint density at radius 3 is 2.64 bits per heavy atom. The average Bonchev–Trinajstić information content (AvgIpc) is 3.26. The second-order valence-corrected chi connectivity index (χ2v) is 7.66. The molecular formula is C24H21F4N3O2. The summed E-state index contributed by atoms with van der Waals surface area (Å²) < 4.78 is 59.5. The highest BCUT2D eigenvalue weighted by molar-refractivity contribution is 5.96. The van der Waals surface area contributed by atoms with E-state index in [1.165, 1.54) is 30.5 Å². The summed E-state index contributed by atoms with van der Waals surface area (Å²) in [5.74, 6) is -0.831. The number of ether oxygens (including phenoxy) is 1. The van der Waals surface area contributed by atoms with Crippen molar-refractivity contribution in [1.82, 2.24) is 10.3 Å². The van der Waals surface area contributed by atoms with Crippen LogP contribution in [0.5, 0.6) is 5.88 Å². The predicted molar refractivity (Wildman–Crippen MR) is 114 cm³/mol. The number of carbonyl (C=O) groups excluding carboxylic acids is 1. The number of aromatic nitrogens is 1. The highest BCUT2D eigenvalue weighted by atomic mass is 19.4. The van der Waals surface area contributed by atoms with Gasteiger partial charge in [0.2, 0.25) is 5.88 Å². The van der Waals surface area contributed by atoms with Crippen molar-refractivity contribution in [3.8, 4) is 5.88 Å². The van der Waals surface area contributed by atoms with Crippen molar-refractivity contribution in [3.63, 3.8) is 0 Å². The number of carbonyl (C=O) groups is 1. The van der Waals surface area contributed by atoms with E-state index in [0.717, 1.165) is 6.07 Å². The Morgan fingerprint density at radius 2 is 1.85 bits per heavy atom. The van der Waals surface area contributed by atoms with Gasteiger partial charge in [0.25, 0.3) is 5.91 Å². The first-order valence-electron chi connectivity index (χ1n) is 10.4. The van der Waals surface area contributed by atoms with Gasteiger partial charge in [0.05, 0.1) is 5.56 Å². The summed E-state index contributed by atoms with van der Waals surface area (Å²) in [5.41, 5.74) is -0.114. The molecule has 172 valence electrons. The van der Waals surface area contributed by atoms with Crippen LogP contribution in [0.1, 0.15) is 27.9 Å². The number of amides is 1. The van der Waals surface area contributed by atoms with Crippen LogP contribution in [0.2, 0.25) is 0 Å². The van der Waals surface area contributed by atoms with Crippen LogP contribution in [0.3, 0.4) is 0 Å².